The lowest BCUT2D eigenvalue weighted by atomic mass is 9.80. The summed E-state index contributed by atoms with van der Waals surface area (Å²) < 4.78 is 0. The Balaban J connectivity index is 1.08. The second kappa shape index (κ2) is 12.7. The Morgan fingerprint density at radius 3 is 1.33 bits per heavy atom. The molecule has 10 aromatic carbocycles. The minimum absolute atomic E-state index is 0.0683. The van der Waals surface area contributed by atoms with E-state index in [1.165, 1.54) is 121 Å². The Hall–Kier alpha value is -7.02. The zero-order valence-corrected chi connectivity index (χ0v) is 34.5. The summed E-state index contributed by atoms with van der Waals surface area (Å²) in [5.74, 6) is 0. The molecule has 0 radical (unpaired) electrons. The molecule has 0 fully saturated rings. The molecule has 2 aliphatic carbocycles. The SMILES string of the molecule is CC1(C)c2ccccc2-c2ccc(-c3ccc4c(-c5ccc6c(c5)C(C)(C)c5ccccc5-6)c5ccccc5c(-c5ccc(-c6ccc7ccccc7c6)cc5)c4c3)cc21. The van der Waals surface area contributed by atoms with E-state index in [2.05, 4.69) is 222 Å². The fourth-order valence-electron chi connectivity index (χ4n) is 10.9. The number of hydrogen-bond acceptors (Lipinski definition) is 0. The molecule has 0 saturated heterocycles. The summed E-state index contributed by atoms with van der Waals surface area (Å²) in [5.41, 5.74) is 20.8. The van der Waals surface area contributed by atoms with Crippen molar-refractivity contribution in [1.82, 2.24) is 0 Å². The molecule has 12 rings (SSSR count). The minimum Gasteiger partial charge on any atom is -0.0619 e. The van der Waals surface area contributed by atoms with Gasteiger partial charge in [-0.25, -0.2) is 0 Å². The largest absolute Gasteiger partial charge is 0.0619 e. The molecule has 0 aromatic heterocycles. The summed E-state index contributed by atoms with van der Waals surface area (Å²) in [6, 6.07) is 73.2. The van der Waals surface area contributed by atoms with Gasteiger partial charge in [-0.2, -0.15) is 0 Å². The summed E-state index contributed by atoms with van der Waals surface area (Å²) in [5, 5.41) is 7.61. The van der Waals surface area contributed by atoms with Gasteiger partial charge in [0.2, 0.25) is 0 Å². The number of hydrogen-bond donors (Lipinski definition) is 0. The average Bonchev–Trinajstić information content (AvgIpc) is 3.66. The first kappa shape index (κ1) is 35.0. The summed E-state index contributed by atoms with van der Waals surface area (Å²) in [4.78, 5) is 0. The molecule has 0 unspecified atom stereocenters. The zero-order chi connectivity index (χ0) is 40.3. The van der Waals surface area contributed by atoms with E-state index >= 15 is 0 Å². The van der Waals surface area contributed by atoms with Crippen LogP contribution in [0.25, 0.3) is 99.1 Å². The Morgan fingerprint density at radius 2 is 0.667 bits per heavy atom. The summed E-state index contributed by atoms with van der Waals surface area (Å²) in [6.07, 6.45) is 0. The minimum atomic E-state index is -0.0888. The van der Waals surface area contributed by atoms with Crippen molar-refractivity contribution in [2.45, 2.75) is 38.5 Å². The molecular weight excluding hydrogens is 721 g/mol. The van der Waals surface area contributed by atoms with E-state index in [-0.39, 0.29) is 10.8 Å². The maximum Gasteiger partial charge on any atom is 0.0159 e. The molecule has 0 saturated carbocycles. The van der Waals surface area contributed by atoms with Crippen LogP contribution in [0.15, 0.2) is 194 Å². The number of fused-ring (bicyclic) bond motifs is 9. The van der Waals surface area contributed by atoms with Gasteiger partial charge in [0.1, 0.15) is 0 Å². The molecule has 10 aromatic rings. The molecule has 0 N–H and O–H groups in total. The normalized spacial score (nSPS) is 14.3. The molecule has 0 aliphatic heterocycles. The molecular formula is C60H44. The first-order valence-corrected chi connectivity index (χ1v) is 21.3. The molecule has 60 heavy (non-hydrogen) atoms. The monoisotopic (exact) mass is 764 g/mol. The van der Waals surface area contributed by atoms with Crippen LogP contribution >= 0.6 is 0 Å². The molecule has 284 valence electrons. The van der Waals surface area contributed by atoms with Gasteiger partial charge in [0.25, 0.3) is 0 Å². The van der Waals surface area contributed by atoms with E-state index in [1.54, 1.807) is 0 Å². The predicted octanol–water partition coefficient (Wildman–Crippen LogP) is 16.4. The van der Waals surface area contributed by atoms with Crippen LogP contribution in [0.1, 0.15) is 49.9 Å². The third-order valence-electron chi connectivity index (χ3n) is 14.1. The molecule has 0 spiro atoms. The third kappa shape index (κ3) is 5.04. The fourth-order valence-corrected chi connectivity index (χ4v) is 10.9. The van der Waals surface area contributed by atoms with E-state index in [0.29, 0.717) is 0 Å². The van der Waals surface area contributed by atoms with Crippen LogP contribution < -0.4 is 0 Å². The quantitative estimate of drug-likeness (QED) is 0.157. The standard InChI is InChI=1S/C60H44/c1-59(2)53-19-11-9-15-45(53)47-30-27-43(35-55(47)59)42-28-32-51-52(34-42)57(39-24-21-38(22-25-39)41-26-23-37-13-5-6-14-40(37)33-41)49-17-7-8-18-50(49)58(51)44-29-31-48-46-16-10-12-20-54(46)60(3,4)56(48)36-44/h5-36H,1-4H3. The highest BCUT2D eigenvalue weighted by atomic mass is 14.4. The molecule has 0 heteroatoms. The first-order valence-electron chi connectivity index (χ1n) is 21.3. The molecule has 0 atom stereocenters. The van der Waals surface area contributed by atoms with Crippen LogP contribution in [0.3, 0.4) is 0 Å². The second-order valence-electron chi connectivity index (χ2n) is 18.1. The van der Waals surface area contributed by atoms with Gasteiger partial charge in [0, 0.05) is 10.8 Å². The van der Waals surface area contributed by atoms with Gasteiger partial charge in [0.05, 0.1) is 0 Å². The van der Waals surface area contributed by atoms with Crippen LogP contribution in [0.4, 0.5) is 0 Å². The number of rotatable bonds is 4. The Bertz CT molecular complexity index is 3410. The van der Waals surface area contributed by atoms with Crippen LogP contribution in [0, 0.1) is 0 Å². The Kier molecular flexibility index (Phi) is 7.42. The van der Waals surface area contributed by atoms with Gasteiger partial charge in [-0.05, 0) is 146 Å². The zero-order valence-electron chi connectivity index (χ0n) is 34.5. The lowest BCUT2D eigenvalue weighted by Gasteiger charge is -2.23. The third-order valence-corrected chi connectivity index (χ3v) is 14.1. The van der Waals surface area contributed by atoms with Gasteiger partial charge in [0.15, 0.2) is 0 Å². The lowest BCUT2D eigenvalue weighted by molar-refractivity contribution is 0.660. The van der Waals surface area contributed by atoms with E-state index in [1.807, 2.05) is 0 Å². The molecule has 0 heterocycles. The summed E-state index contributed by atoms with van der Waals surface area (Å²) >= 11 is 0. The van der Waals surface area contributed by atoms with Crippen molar-refractivity contribution < 1.29 is 0 Å². The van der Waals surface area contributed by atoms with E-state index in [4.69, 9.17) is 0 Å². The highest BCUT2D eigenvalue weighted by Crippen LogP contribution is 2.53. The maximum atomic E-state index is 2.49. The summed E-state index contributed by atoms with van der Waals surface area (Å²) in [6.45, 7) is 9.50. The average molecular weight is 765 g/mol. The fraction of sp³-hybridized carbons (Fsp3) is 0.100. The van der Waals surface area contributed by atoms with Crippen LogP contribution in [-0.2, 0) is 10.8 Å². The number of benzene rings is 10. The topological polar surface area (TPSA) is 0 Å². The van der Waals surface area contributed by atoms with Gasteiger partial charge in [-0.15, -0.1) is 0 Å². The van der Waals surface area contributed by atoms with Crippen LogP contribution in [0.5, 0.6) is 0 Å². The van der Waals surface area contributed by atoms with Crippen molar-refractivity contribution in [2.75, 3.05) is 0 Å². The van der Waals surface area contributed by atoms with Crippen molar-refractivity contribution in [1.29, 1.82) is 0 Å². The van der Waals surface area contributed by atoms with E-state index in [0.717, 1.165) is 0 Å². The van der Waals surface area contributed by atoms with Crippen molar-refractivity contribution in [3.05, 3.63) is 216 Å². The van der Waals surface area contributed by atoms with Crippen LogP contribution in [0.2, 0.25) is 0 Å². The Morgan fingerprint density at radius 1 is 0.250 bits per heavy atom. The van der Waals surface area contributed by atoms with Gasteiger partial charge in [-0.1, -0.05) is 198 Å². The van der Waals surface area contributed by atoms with Crippen molar-refractivity contribution >= 4 is 32.3 Å². The molecule has 0 bridgehead atoms. The second-order valence-corrected chi connectivity index (χ2v) is 18.1. The predicted molar refractivity (Wildman–Crippen MR) is 256 cm³/mol. The Labute approximate surface area is 352 Å². The van der Waals surface area contributed by atoms with E-state index in [9.17, 15) is 0 Å². The van der Waals surface area contributed by atoms with Crippen molar-refractivity contribution in [3.63, 3.8) is 0 Å². The van der Waals surface area contributed by atoms with Gasteiger partial charge < -0.3 is 0 Å². The maximum absolute atomic E-state index is 2.49. The highest BCUT2D eigenvalue weighted by Gasteiger charge is 2.37. The lowest BCUT2D eigenvalue weighted by Crippen LogP contribution is -2.14. The summed E-state index contributed by atoms with van der Waals surface area (Å²) in [7, 11) is 0. The van der Waals surface area contributed by atoms with Crippen molar-refractivity contribution in [3.8, 4) is 66.8 Å². The first-order chi connectivity index (χ1) is 29.3. The molecule has 2 aliphatic rings. The van der Waals surface area contributed by atoms with Gasteiger partial charge >= 0.3 is 0 Å². The van der Waals surface area contributed by atoms with E-state index < -0.39 is 0 Å². The highest BCUT2D eigenvalue weighted by molar-refractivity contribution is 6.22. The van der Waals surface area contributed by atoms with Gasteiger partial charge in [-0.3, -0.25) is 0 Å². The smallest absolute Gasteiger partial charge is 0.0159 e. The molecule has 0 nitrogen and oxygen atoms in total. The van der Waals surface area contributed by atoms with Crippen molar-refractivity contribution in [2.24, 2.45) is 0 Å². The van der Waals surface area contributed by atoms with Crippen LogP contribution in [-0.4, -0.2) is 0 Å². The molecule has 0 amide bonds.